The first-order chi connectivity index (χ1) is 6.97. The highest BCUT2D eigenvalue weighted by molar-refractivity contribution is 5.76. The van der Waals surface area contributed by atoms with Crippen LogP contribution in [0.1, 0.15) is 20.3 Å². The Bertz CT molecular complexity index is 229. The van der Waals surface area contributed by atoms with Crippen LogP contribution in [0.15, 0.2) is 0 Å². The Morgan fingerprint density at radius 3 is 2.87 bits per heavy atom. The Morgan fingerprint density at radius 1 is 1.67 bits per heavy atom. The number of carbonyl (C=O) groups is 1. The molecule has 1 fully saturated rings. The molecule has 0 aromatic carbocycles. The summed E-state index contributed by atoms with van der Waals surface area (Å²) in [4.78, 5) is 12.8. The maximum absolute atomic E-state index is 10.8. The van der Waals surface area contributed by atoms with Gasteiger partial charge in [-0.25, -0.2) is 4.79 Å². The van der Waals surface area contributed by atoms with Crippen LogP contribution < -0.4 is 0 Å². The van der Waals surface area contributed by atoms with Crippen LogP contribution >= 0.6 is 0 Å². The zero-order valence-corrected chi connectivity index (χ0v) is 9.27. The normalized spacial score (nSPS) is 27.3. The number of ether oxygens (including phenoxy) is 1. The third-order valence-corrected chi connectivity index (χ3v) is 2.79. The van der Waals surface area contributed by atoms with Crippen molar-refractivity contribution in [1.29, 1.82) is 0 Å². The van der Waals surface area contributed by atoms with Gasteiger partial charge in [0.15, 0.2) is 5.60 Å². The molecule has 1 heterocycles. The van der Waals surface area contributed by atoms with Gasteiger partial charge in [-0.05, 0) is 13.3 Å². The van der Waals surface area contributed by atoms with Gasteiger partial charge in [0.05, 0.1) is 13.2 Å². The molecule has 5 nitrogen and oxygen atoms in total. The molecule has 1 saturated heterocycles. The summed E-state index contributed by atoms with van der Waals surface area (Å²) in [6.07, 6.45) is 0.899. The topological polar surface area (TPSA) is 70.0 Å². The van der Waals surface area contributed by atoms with Gasteiger partial charge in [0.1, 0.15) is 0 Å². The number of rotatable bonds is 4. The molecule has 0 aliphatic carbocycles. The van der Waals surface area contributed by atoms with Crippen LogP contribution in [0, 0.1) is 0 Å². The van der Waals surface area contributed by atoms with E-state index in [9.17, 15) is 9.90 Å². The first-order valence-electron chi connectivity index (χ1n) is 5.25. The molecular formula is C10H19NO4. The number of carboxylic acid groups (broad SMARTS) is 1. The summed E-state index contributed by atoms with van der Waals surface area (Å²) in [7, 11) is 0. The first kappa shape index (κ1) is 12.4. The van der Waals surface area contributed by atoms with E-state index in [1.807, 2.05) is 11.8 Å². The number of β-amino-alcohol motifs (C(OH)–C–C–N with tert-alkyl or cyclic N) is 1. The number of hydrogen-bond donors (Lipinski definition) is 2. The minimum atomic E-state index is -1.68. The monoisotopic (exact) mass is 217 g/mol. The van der Waals surface area contributed by atoms with Gasteiger partial charge in [0, 0.05) is 19.1 Å². The highest BCUT2D eigenvalue weighted by Gasteiger charge is 2.35. The number of morpholine rings is 1. The van der Waals surface area contributed by atoms with E-state index in [4.69, 9.17) is 9.84 Å². The lowest BCUT2D eigenvalue weighted by molar-refractivity contribution is -0.160. The molecule has 1 aliphatic heterocycles. The number of hydrogen-bond acceptors (Lipinski definition) is 4. The van der Waals surface area contributed by atoms with E-state index in [1.54, 1.807) is 0 Å². The Kier molecular flexibility index (Phi) is 4.07. The highest BCUT2D eigenvalue weighted by Crippen LogP contribution is 2.15. The average molecular weight is 217 g/mol. The smallest absolute Gasteiger partial charge is 0.336 e. The SMILES string of the molecule is CCC1COCCN1CC(C)(O)C(=O)O. The molecule has 0 spiro atoms. The van der Waals surface area contributed by atoms with Crippen LogP contribution in [-0.2, 0) is 9.53 Å². The van der Waals surface area contributed by atoms with Crippen LogP contribution in [0.25, 0.3) is 0 Å². The fraction of sp³-hybridized carbons (Fsp3) is 0.900. The van der Waals surface area contributed by atoms with Crippen molar-refractivity contribution in [3.8, 4) is 0 Å². The fourth-order valence-corrected chi connectivity index (χ4v) is 1.74. The second kappa shape index (κ2) is 4.92. The van der Waals surface area contributed by atoms with E-state index in [2.05, 4.69) is 0 Å². The second-order valence-electron chi connectivity index (χ2n) is 4.19. The predicted octanol–water partition coefficient (Wildman–Crippen LogP) is -0.0672. The molecule has 2 unspecified atom stereocenters. The minimum Gasteiger partial charge on any atom is -0.479 e. The number of carboxylic acids is 1. The molecule has 0 bridgehead atoms. The summed E-state index contributed by atoms with van der Waals surface area (Å²) in [5.74, 6) is -1.18. The third-order valence-electron chi connectivity index (χ3n) is 2.79. The van der Waals surface area contributed by atoms with Gasteiger partial charge in [0.25, 0.3) is 0 Å². The van der Waals surface area contributed by atoms with Crippen molar-refractivity contribution in [3.63, 3.8) is 0 Å². The van der Waals surface area contributed by atoms with Crippen molar-refractivity contribution < 1.29 is 19.7 Å². The summed E-state index contributed by atoms with van der Waals surface area (Å²) < 4.78 is 5.31. The molecular weight excluding hydrogens is 198 g/mol. The van der Waals surface area contributed by atoms with E-state index in [-0.39, 0.29) is 12.6 Å². The summed E-state index contributed by atoms with van der Waals surface area (Å²) in [5, 5.41) is 18.5. The van der Waals surface area contributed by atoms with Crippen LogP contribution in [0.5, 0.6) is 0 Å². The highest BCUT2D eigenvalue weighted by atomic mass is 16.5. The summed E-state index contributed by atoms with van der Waals surface area (Å²) >= 11 is 0. The molecule has 2 atom stereocenters. The zero-order valence-electron chi connectivity index (χ0n) is 9.27. The van der Waals surface area contributed by atoms with Gasteiger partial charge in [-0.3, -0.25) is 4.90 Å². The van der Waals surface area contributed by atoms with Crippen LogP contribution in [0.4, 0.5) is 0 Å². The fourth-order valence-electron chi connectivity index (χ4n) is 1.74. The standard InChI is InChI=1S/C10H19NO4/c1-3-8-6-15-5-4-11(8)7-10(2,14)9(12)13/h8,14H,3-7H2,1-2H3,(H,12,13). The molecule has 2 N–H and O–H groups in total. The van der Waals surface area contributed by atoms with Crippen molar-refractivity contribution in [2.75, 3.05) is 26.3 Å². The lowest BCUT2D eigenvalue weighted by atomic mass is 10.0. The van der Waals surface area contributed by atoms with Gasteiger partial charge < -0.3 is 14.9 Å². The van der Waals surface area contributed by atoms with Crippen LogP contribution in [0.3, 0.4) is 0 Å². The first-order valence-corrected chi connectivity index (χ1v) is 5.25. The largest absolute Gasteiger partial charge is 0.479 e. The van der Waals surface area contributed by atoms with Gasteiger partial charge in [0.2, 0.25) is 0 Å². The molecule has 0 amide bonds. The van der Waals surface area contributed by atoms with Crippen LogP contribution in [-0.4, -0.2) is 59.0 Å². The van der Waals surface area contributed by atoms with E-state index >= 15 is 0 Å². The van der Waals surface area contributed by atoms with Crippen molar-refractivity contribution in [1.82, 2.24) is 4.90 Å². The Labute approximate surface area is 89.6 Å². The maximum Gasteiger partial charge on any atom is 0.336 e. The van der Waals surface area contributed by atoms with Crippen molar-refractivity contribution in [2.45, 2.75) is 31.9 Å². The van der Waals surface area contributed by atoms with Crippen molar-refractivity contribution in [3.05, 3.63) is 0 Å². The molecule has 15 heavy (non-hydrogen) atoms. The van der Waals surface area contributed by atoms with E-state index in [0.717, 1.165) is 6.42 Å². The Morgan fingerprint density at radius 2 is 2.33 bits per heavy atom. The van der Waals surface area contributed by atoms with E-state index in [1.165, 1.54) is 6.92 Å². The molecule has 88 valence electrons. The second-order valence-corrected chi connectivity index (χ2v) is 4.19. The molecule has 0 aromatic rings. The van der Waals surface area contributed by atoms with Crippen LogP contribution in [0.2, 0.25) is 0 Å². The van der Waals surface area contributed by atoms with Gasteiger partial charge in [-0.1, -0.05) is 6.92 Å². The zero-order chi connectivity index (χ0) is 11.5. The molecule has 0 saturated carbocycles. The van der Waals surface area contributed by atoms with E-state index in [0.29, 0.717) is 19.8 Å². The summed E-state index contributed by atoms with van der Waals surface area (Å²) in [6.45, 7) is 5.42. The molecule has 1 aliphatic rings. The molecule has 5 heteroatoms. The predicted molar refractivity (Wildman–Crippen MR) is 54.7 cm³/mol. The third kappa shape index (κ3) is 3.15. The maximum atomic E-state index is 10.8. The quantitative estimate of drug-likeness (QED) is 0.690. The number of aliphatic carboxylic acids is 1. The summed E-state index contributed by atoms with van der Waals surface area (Å²) in [5.41, 5.74) is -1.68. The van der Waals surface area contributed by atoms with Crippen molar-refractivity contribution in [2.24, 2.45) is 0 Å². The lowest BCUT2D eigenvalue weighted by Crippen LogP contribution is -2.54. The molecule has 0 aromatic heterocycles. The number of aliphatic hydroxyl groups is 1. The lowest BCUT2D eigenvalue weighted by Gasteiger charge is -2.37. The van der Waals surface area contributed by atoms with Gasteiger partial charge in [-0.15, -0.1) is 0 Å². The minimum absolute atomic E-state index is 0.157. The van der Waals surface area contributed by atoms with Crippen molar-refractivity contribution >= 4 is 5.97 Å². The molecule has 0 radical (unpaired) electrons. The number of nitrogens with zero attached hydrogens (tertiary/aromatic N) is 1. The van der Waals surface area contributed by atoms with E-state index < -0.39 is 11.6 Å². The summed E-state index contributed by atoms with van der Waals surface area (Å²) in [6, 6.07) is 0.213. The Balaban J connectivity index is 2.58. The Hall–Kier alpha value is -0.650. The molecule has 1 rings (SSSR count). The van der Waals surface area contributed by atoms with Gasteiger partial charge in [-0.2, -0.15) is 0 Å². The van der Waals surface area contributed by atoms with Gasteiger partial charge >= 0.3 is 5.97 Å². The average Bonchev–Trinajstić information content (AvgIpc) is 2.18.